The van der Waals surface area contributed by atoms with Gasteiger partial charge in [0.1, 0.15) is 11.5 Å². The van der Waals surface area contributed by atoms with E-state index in [9.17, 15) is 9.90 Å². The summed E-state index contributed by atoms with van der Waals surface area (Å²) in [5.74, 6) is -0.148. The van der Waals surface area contributed by atoms with Gasteiger partial charge < -0.3 is 5.11 Å². The van der Waals surface area contributed by atoms with E-state index in [1.165, 1.54) is 0 Å². The quantitative estimate of drug-likeness (QED) is 0.825. The van der Waals surface area contributed by atoms with Crippen LogP contribution < -0.4 is 0 Å². The molecule has 2 nitrogen and oxygen atoms in total. The highest BCUT2D eigenvalue weighted by atomic mass is 35.5. The number of Topliss-reactive ketones (excluding diaryl/α,β-unsaturated/α-hetero) is 1. The van der Waals surface area contributed by atoms with Crippen molar-refractivity contribution >= 4 is 17.4 Å². The molecule has 0 aliphatic rings. The fraction of sp³-hybridized carbons (Fsp3) is 0.462. The van der Waals surface area contributed by atoms with Crippen LogP contribution in [-0.2, 0) is 4.79 Å². The van der Waals surface area contributed by atoms with Crippen LogP contribution in [0.4, 0.5) is 0 Å². The second kappa shape index (κ2) is 4.98. The van der Waals surface area contributed by atoms with E-state index in [-0.39, 0.29) is 5.78 Å². The number of alkyl halides is 1. The molecule has 0 saturated heterocycles. The van der Waals surface area contributed by atoms with Crippen molar-refractivity contribution in [2.24, 2.45) is 5.41 Å². The molecule has 1 rings (SSSR count). The first-order chi connectivity index (χ1) is 7.34. The molecule has 1 aromatic carbocycles. The zero-order chi connectivity index (χ0) is 12.3. The Balaban J connectivity index is 2.83. The summed E-state index contributed by atoms with van der Waals surface area (Å²) in [7, 11) is 0. The number of carbonyl (C=O) groups excluding carboxylic acids is 1. The Bertz CT molecular complexity index is 354. The van der Waals surface area contributed by atoms with Crippen molar-refractivity contribution in [2.45, 2.75) is 32.3 Å². The number of halogens is 1. The Morgan fingerprint density at radius 1 is 1.25 bits per heavy atom. The summed E-state index contributed by atoms with van der Waals surface area (Å²) < 4.78 is 0. The minimum atomic E-state index is -0.949. The number of aliphatic hydroxyl groups is 1. The van der Waals surface area contributed by atoms with Gasteiger partial charge in [0.05, 0.1) is 0 Å². The molecule has 0 spiro atoms. The maximum atomic E-state index is 11.9. The standard InChI is InChI=1S/C13H17ClO2/c1-13(2,3)12(16)10(14)11(15)9-7-5-4-6-8-9/h4-8,10-11,15H,1-3H3/t10-,11+/m1/s1. The van der Waals surface area contributed by atoms with Crippen molar-refractivity contribution in [2.75, 3.05) is 0 Å². The van der Waals surface area contributed by atoms with Gasteiger partial charge in [-0.15, -0.1) is 11.6 Å². The number of aliphatic hydroxyl groups excluding tert-OH is 1. The predicted molar refractivity (Wildman–Crippen MR) is 65.5 cm³/mol. The van der Waals surface area contributed by atoms with Gasteiger partial charge in [-0.1, -0.05) is 51.1 Å². The number of benzene rings is 1. The van der Waals surface area contributed by atoms with Gasteiger partial charge in [-0.05, 0) is 5.56 Å². The van der Waals surface area contributed by atoms with E-state index in [0.717, 1.165) is 0 Å². The van der Waals surface area contributed by atoms with Crippen LogP contribution in [0.5, 0.6) is 0 Å². The highest BCUT2D eigenvalue weighted by Crippen LogP contribution is 2.28. The highest BCUT2D eigenvalue weighted by Gasteiger charge is 2.33. The zero-order valence-corrected chi connectivity index (χ0v) is 10.5. The Hall–Kier alpha value is -0.860. The maximum Gasteiger partial charge on any atom is 0.158 e. The molecule has 2 atom stereocenters. The molecule has 0 fully saturated rings. The molecule has 0 saturated carbocycles. The van der Waals surface area contributed by atoms with E-state index in [4.69, 9.17) is 11.6 Å². The molecule has 0 aliphatic carbocycles. The monoisotopic (exact) mass is 240 g/mol. The minimum absolute atomic E-state index is 0.148. The number of ketones is 1. The summed E-state index contributed by atoms with van der Waals surface area (Å²) in [6.07, 6.45) is -0.949. The van der Waals surface area contributed by atoms with Crippen LogP contribution in [-0.4, -0.2) is 16.3 Å². The molecule has 0 bridgehead atoms. The summed E-state index contributed by atoms with van der Waals surface area (Å²) >= 11 is 6.00. The predicted octanol–water partition coefficient (Wildman–Crippen LogP) is 2.94. The largest absolute Gasteiger partial charge is 0.386 e. The first-order valence-electron chi connectivity index (χ1n) is 5.25. The molecule has 0 heterocycles. The number of rotatable bonds is 3. The van der Waals surface area contributed by atoms with Crippen LogP contribution in [0.3, 0.4) is 0 Å². The minimum Gasteiger partial charge on any atom is -0.386 e. The third kappa shape index (κ3) is 3.06. The van der Waals surface area contributed by atoms with Gasteiger partial charge in [0, 0.05) is 5.41 Å². The Kier molecular flexibility index (Phi) is 4.11. The molecule has 0 radical (unpaired) electrons. The second-order valence-electron chi connectivity index (χ2n) is 4.87. The SMILES string of the molecule is CC(C)(C)C(=O)[C@H](Cl)[C@@H](O)c1ccccc1. The third-order valence-corrected chi connectivity index (χ3v) is 2.84. The van der Waals surface area contributed by atoms with Crippen molar-refractivity contribution in [3.8, 4) is 0 Å². The highest BCUT2D eigenvalue weighted by molar-refractivity contribution is 6.32. The molecule has 0 aliphatic heterocycles. The van der Waals surface area contributed by atoms with Crippen molar-refractivity contribution in [1.29, 1.82) is 0 Å². The van der Waals surface area contributed by atoms with Crippen molar-refractivity contribution in [1.82, 2.24) is 0 Å². The molecule has 0 aromatic heterocycles. The molecule has 1 N–H and O–H groups in total. The lowest BCUT2D eigenvalue weighted by atomic mass is 9.86. The van der Waals surface area contributed by atoms with Crippen LogP contribution in [0.15, 0.2) is 30.3 Å². The lowest BCUT2D eigenvalue weighted by molar-refractivity contribution is -0.127. The van der Waals surface area contributed by atoms with Crippen molar-refractivity contribution in [3.63, 3.8) is 0 Å². The smallest absolute Gasteiger partial charge is 0.158 e. The molecular formula is C13H17ClO2. The van der Waals surface area contributed by atoms with Crippen LogP contribution in [0, 0.1) is 5.41 Å². The normalized spacial score (nSPS) is 15.6. The molecule has 0 amide bonds. The van der Waals surface area contributed by atoms with Gasteiger partial charge in [0.25, 0.3) is 0 Å². The Morgan fingerprint density at radius 2 is 1.75 bits per heavy atom. The molecule has 3 heteroatoms. The number of hydrogen-bond acceptors (Lipinski definition) is 2. The van der Waals surface area contributed by atoms with Crippen LogP contribution in [0.1, 0.15) is 32.4 Å². The summed E-state index contributed by atoms with van der Waals surface area (Å²) in [6.45, 7) is 5.38. The fourth-order valence-corrected chi connectivity index (χ4v) is 1.85. The molecule has 0 unspecified atom stereocenters. The zero-order valence-electron chi connectivity index (χ0n) is 9.77. The van der Waals surface area contributed by atoms with E-state index in [0.29, 0.717) is 5.56 Å². The van der Waals surface area contributed by atoms with Gasteiger partial charge in [0.2, 0.25) is 0 Å². The average Bonchev–Trinajstić information content (AvgIpc) is 2.26. The van der Waals surface area contributed by atoms with Gasteiger partial charge in [0.15, 0.2) is 5.78 Å². The van der Waals surface area contributed by atoms with Gasteiger partial charge in [-0.25, -0.2) is 0 Å². The van der Waals surface area contributed by atoms with E-state index in [2.05, 4.69) is 0 Å². The van der Waals surface area contributed by atoms with Gasteiger partial charge >= 0.3 is 0 Å². The molecule has 16 heavy (non-hydrogen) atoms. The second-order valence-corrected chi connectivity index (χ2v) is 5.34. The van der Waals surface area contributed by atoms with Gasteiger partial charge in [-0.3, -0.25) is 4.79 Å². The first kappa shape index (κ1) is 13.2. The summed E-state index contributed by atoms with van der Waals surface area (Å²) in [6, 6.07) is 8.99. The van der Waals surface area contributed by atoms with Crippen molar-refractivity contribution in [3.05, 3.63) is 35.9 Å². The summed E-state index contributed by atoms with van der Waals surface area (Å²) in [5, 5.41) is 9.07. The summed E-state index contributed by atoms with van der Waals surface area (Å²) in [4.78, 5) is 11.9. The first-order valence-corrected chi connectivity index (χ1v) is 5.69. The van der Waals surface area contributed by atoms with Crippen LogP contribution >= 0.6 is 11.6 Å². The molecule has 88 valence electrons. The maximum absolute atomic E-state index is 11.9. The Morgan fingerprint density at radius 3 is 2.19 bits per heavy atom. The third-order valence-electron chi connectivity index (χ3n) is 2.41. The van der Waals surface area contributed by atoms with E-state index < -0.39 is 16.9 Å². The van der Waals surface area contributed by atoms with Crippen LogP contribution in [0.25, 0.3) is 0 Å². The van der Waals surface area contributed by atoms with E-state index in [1.54, 1.807) is 32.9 Å². The van der Waals surface area contributed by atoms with Crippen molar-refractivity contribution < 1.29 is 9.90 Å². The number of carbonyl (C=O) groups is 1. The summed E-state index contributed by atoms with van der Waals surface area (Å²) in [5.41, 5.74) is 0.127. The Labute approximate surface area is 101 Å². The van der Waals surface area contributed by atoms with Crippen LogP contribution in [0.2, 0.25) is 0 Å². The fourth-order valence-electron chi connectivity index (χ4n) is 1.38. The van der Waals surface area contributed by atoms with Gasteiger partial charge in [-0.2, -0.15) is 0 Å². The molecular weight excluding hydrogens is 224 g/mol. The number of hydrogen-bond donors (Lipinski definition) is 1. The molecule has 1 aromatic rings. The van der Waals surface area contributed by atoms with E-state index >= 15 is 0 Å². The lowest BCUT2D eigenvalue weighted by Crippen LogP contribution is -2.33. The van der Waals surface area contributed by atoms with E-state index in [1.807, 2.05) is 18.2 Å². The average molecular weight is 241 g/mol. The topological polar surface area (TPSA) is 37.3 Å². The lowest BCUT2D eigenvalue weighted by Gasteiger charge is -2.24.